The Labute approximate surface area is 321 Å². The van der Waals surface area contributed by atoms with E-state index in [4.69, 9.17) is 9.97 Å². The highest BCUT2D eigenvalue weighted by molar-refractivity contribution is 6.25. The average Bonchev–Trinajstić information content (AvgIpc) is 3.25. The minimum absolute atomic E-state index is 0.673. The van der Waals surface area contributed by atoms with E-state index in [1.807, 2.05) is 18.2 Å². The molecule has 0 unspecified atom stereocenters. The molecule has 10 rings (SSSR count). The molecule has 1 aliphatic heterocycles. The molecule has 0 saturated carbocycles. The van der Waals surface area contributed by atoms with Crippen molar-refractivity contribution in [2.24, 2.45) is 0 Å². The van der Waals surface area contributed by atoms with Crippen molar-refractivity contribution in [1.29, 1.82) is 0 Å². The van der Waals surface area contributed by atoms with Gasteiger partial charge in [0.25, 0.3) is 0 Å². The fourth-order valence-corrected chi connectivity index (χ4v) is 8.07. The van der Waals surface area contributed by atoms with Crippen molar-refractivity contribution >= 4 is 44.1 Å². The van der Waals surface area contributed by atoms with E-state index in [9.17, 15) is 0 Å². The molecule has 0 saturated heterocycles. The first-order valence-electron chi connectivity index (χ1n) is 18.9. The number of allylic oxidation sites excluding steroid dienone is 8. The van der Waals surface area contributed by atoms with Gasteiger partial charge in [0, 0.05) is 35.4 Å². The van der Waals surface area contributed by atoms with Crippen molar-refractivity contribution < 1.29 is 0 Å². The summed E-state index contributed by atoms with van der Waals surface area (Å²) in [5.41, 5.74) is 12.7. The maximum atomic E-state index is 5.41. The Morgan fingerprint density at radius 2 is 1.25 bits per heavy atom. The molecule has 55 heavy (non-hydrogen) atoms. The number of nitrogens with zero attached hydrogens (tertiary/aromatic N) is 2. The van der Waals surface area contributed by atoms with Gasteiger partial charge in [-0.3, -0.25) is 0 Å². The zero-order valence-electron chi connectivity index (χ0n) is 30.3. The molecular weight excluding hydrogens is 667 g/mol. The molecule has 1 aromatic heterocycles. The third kappa shape index (κ3) is 6.06. The van der Waals surface area contributed by atoms with E-state index in [1.54, 1.807) is 0 Å². The van der Waals surface area contributed by atoms with E-state index >= 15 is 0 Å². The minimum Gasteiger partial charge on any atom is -0.381 e. The lowest BCUT2D eigenvalue weighted by molar-refractivity contribution is 0.996. The molecule has 0 atom stereocenters. The van der Waals surface area contributed by atoms with Crippen LogP contribution < -0.4 is 5.32 Å². The zero-order valence-corrected chi connectivity index (χ0v) is 30.3. The third-order valence-electron chi connectivity index (χ3n) is 10.8. The van der Waals surface area contributed by atoms with E-state index in [0.29, 0.717) is 12.2 Å². The first-order valence-corrected chi connectivity index (χ1v) is 18.9. The summed E-state index contributed by atoms with van der Waals surface area (Å²) in [4.78, 5) is 10.8. The van der Waals surface area contributed by atoms with Gasteiger partial charge in [-0.1, -0.05) is 158 Å². The van der Waals surface area contributed by atoms with E-state index in [2.05, 4.69) is 176 Å². The topological polar surface area (TPSA) is 37.8 Å². The molecular formula is C52H37N3. The van der Waals surface area contributed by atoms with Gasteiger partial charge in [-0.15, -0.1) is 0 Å². The maximum absolute atomic E-state index is 5.41. The van der Waals surface area contributed by atoms with Gasteiger partial charge in [0.1, 0.15) is 0 Å². The number of benzene rings is 7. The van der Waals surface area contributed by atoms with Crippen LogP contribution in [0.25, 0.3) is 89.0 Å². The second-order valence-corrected chi connectivity index (χ2v) is 14.3. The molecule has 0 fully saturated rings. The lowest BCUT2D eigenvalue weighted by atomic mass is 9.88. The van der Waals surface area contributed by atoms with E-state index < -0.39 is 0 Å². The molecule has 0 amide bonds. The first kappa shape index (κ1) is 32.5. The lowest BCUT2D eigenvalue weighted by Crippen LogP contribution is -2.14. The normalized spacial score (nSPS) is 15.8. The van der Waals surface area contributed by atoms with Gasteiger partial charge in [-0.25, -0.2) is 9.97 Å². The molecule has 0 radical (unpaired) electrons. The monoisotopic (exact) mass is 703 g/mol. The Hall–Kier alpha value is -7.10. The molecule has 2 aliphatic rings. The molecule has 0 spiro atoms. The Balaban J connectivity index is 1.23. The van der Waals surface area contributed by atoms with Crippen LogP contribution in [-0.2, 0) is 6.42 Å². The summed E-state index contributed by atoms with van der Waals surface area (Å²) < 4.78 is 0. The van der Waals surface area contributed by atoms with Gasteiger partial charge in [-0.05, 0) is 96.0 Å². The second kappa shape index (κ2) is 13.7. The smallest absolute Gasteiger partial charge is 0.160 e. The van der Waals surface area contributed by atoms with Crippen molar-refractivity contribution in [2.45, 2.75) is 6.42 Å². The molecule has 1 aliphatic carbocycles. The molecule has 3 nitrogen and oxygen atoms in total. The predicted molar refractivity (Wildman–Crippen MR) is 233 cm³/mol. The van der Waals surface area contributed by atoms with Crippen LogP contribution in [0, 0.1) is 0 Å². The summed E-state index contributed by atoms with van der Waals surface area (Å²) in [5, 5.41) is 11.2. The summed E-state index contributed by atoms with van der Waals surface area (Å²) in [6.07, 6.45) is 19.5. The number of hydrogen-bond donors (Lipinski definition) is 1. The average molecular weight is 704 g/mol. The Morgan fingerprint density at radius 1 is 0.527 bits per heavy atom. The quantitative estimate of drug-likeness (QED) is 0.181. The standard InChI is InChI=1S/C52H37N3/c1-34-12-4-2-7-20-48-46(26-21-34)51(38-13-5-3-6-14-38)55-52(54-48)43-32-41(39-17-11-18-40(30-39)47-19-8-9-29-53-47)31-42(33-43)44-27-24-37-23-22-35-15-10-16-36-25-28-45(44)50(37)49(35)36/h2-19,21-28,30-33,53H,1,20,29H2/b7-2-,12-4-,26-21-. The number of dihydropyridines is 1. The number of nitrogens with one attached hydrogen (secondary N) is 1. The SMILES string of the molecule is C=C1/C=C\C=C/Cc2nc(-c3cc(-c4cccc(C5=CC=CCN5)c4)cc(-c4ccc5ccc6cccc7ccc4c5c67)c3)nc(-c3ccccc3)c2/C=C\1. The summed E-state index contributed by atoms with van der Waals surface area (Å²) >= 11 is 0. The van der Waals surface area contributed by atoms with Crippen molar-refractivity contribution in [3.63, 3.8) is 0 Å². The van der Waals surface area contributed by atoms with E-state index in [1.165, 1.54) is 37.9 Å². The van der Waals surface area contributed by atoms with Crippen LogP contribution in [0.1, 0.15) is 16.8 Å². The summed E-state index contributed by atoms with van der Waals surface area (Å²) in [7, 11) is 0. The van der Waals surface area contributed by atoms with Crippen molar-refractivity contribution in [3.8, 4) is 44.9 Å². The molecule has 8 aromatic rings. The van der Waals surface area contributed by atoms with Crippen LogP contribution in [0.4, 0.5) is 0 Å². The van der Waals surface area contributed by atoms with Crippen molar-refractivity contribution in [1.82, 2.24) is 15.3 Å². The van der Waals surface area contributed by atoms with Crippen molar-refractivity contribution in [2.75, 3.05) is 6.54 Å². The van der Waals surface area contributed by atoms with Crippen LogP contribution in [0.15, 0.2) is 188 Å². The minimum atomic E-state index is 0.673. The number of rotatable bonds is 5. The molecule has 260 valence electrons. The second-order valence-electron chi connectivity index (χ2n) is 14.3. The van der Waals surface area contributed by atoms with E-state index in [0.717, 1.165) is 68.1 Å². The number of hydrogen-bond acceptors (Lipinski definition) is 3. The summed E-state index contributed by atoms with van der Waals surface area (Å²) in [6, 6.07) is 46.3. The van der Waals surface area contributed by atoms with Gasteiger partial charge in [-0.2, -0.15) is 0 Å². The highest BCUT2D eigenvalue weighted by Gasteiger charge is 2.19. The number of fused-ring (bicyclic) bond motifs is 1. The molecule has 1 N–H and O–H groups in total. The Bertz CT molecular complexity index is 2940. The van der Waals surface area contributed by atoms with Crippen LogP contribution >= 0.6 is 0 Å². The fraction of sp³-hybridized carbons (Fsp3) is 0.0385. The highest BCUT2D eigenvalue weighted by atomic mass is 14.9. The fourth-order valence-electron chi connectivity index (χ4n) is 8.07. The van der Waals surface area contributed by atoms with Crippen LogP contribution in [0.5, 0.6) is 0 Å². The highest BCUT2D eigenvalue weighted by Crippen LogP contribution is 2.42. The summed E-state index contributed by atoms with van der Waals surface area (Å²) in [6.45, 7) is 5.05. The van der Waals surface area contributed by atoms with Gasteiger partial charge in [0.2, 0.25) is 0 Å². The molecule has 2 heterocycles. The largest absolute Gasteiger partial charge is 0.381 e. The van der Waals surface area contributed by atoms with Gasteiger partial charge in [0.05, 0.1) is 11.4 Å². The zero-order chi connectivity index (χ0) is 36.7. The molecule has 3 heteroatoms. The Kier molecular flexibility index (Phi) is 8.11. The maximum Gasteiger partial charge on any atom is 0.160 e. The van der Waals surface area contributed by atoms with Crippen LogP contribution in [0.2, 0.25) is 0 Å². The third-order valence-corrected chi connectivity index (χ3v) is 10.8. The lowest BCUT2D eigenvalue weighted by Gasteiger charge is -2.18. The molecule has 7 aromatic carbocycles. The van der Waals surface area contributed by atoms with Crippen LogP contribution in [-0.4, -0.2) is 16.5 Å². The summed E-state index contributed by atoms with van der Waals surface area (Å²) in [5.74, 6) is 0.699. The van der Waals surface area contributed by atoms with Gasteiger partial charge < -0.3 is 5.32 Å². The number of aromatic nitrogens is 2. The predicted octanol–water partition coefficient (Wildman–Crippen LogP) is 12.8. The Morgan fingerprint density at radius 3 is 2.11 bits per heavy atom. The molecule has 0 bridgehead atoms. The van der Waals surface area contributed by atoms with Gasteiger partial charge in [0.15, 0.2) is 5.82 Å². The first-order chi connectivity index (χ1) is 27.2. The van der Waals surface area contributed by atoms with Crippen molar-refractivity contribution in [3.05, 3.63) is 205 Å². The van der Waals surface area contributed by atoms with Gasteiger partial charge >= 0.3 is 0 Å². The van der Waals surface area contributed by atoms with Crippen LogP contribution in [0.3, 0.4) is 0 Å². The van der Waals surface area contributed by atoms with E-state index in [-0.39, 0.29) is 0 Å².